The molecule has 0 aromatic heterocycles. The van der Waals surface area contributed by atoms with Crippen molar-refractivity contribution in [3.05, 3.63) is 28.8 Å². The molecule has 1 aromatic carbocycles. The summed E-state index contributed by atoms with van der Waals surface area (Å²) in [6.07, 6.45) is 0.563. The second kappa shape index (κ2) is 4.35. The van der Waals surface area contributed by atoms with Crippen LogP contribution in [0.5, 0.6) is 5.75 Å². The predicted molar refractivity (Wildman–Crippen MR) is 54.2 cm³/mol. The highest BCUT2D eigenvalue weighted by Gasteiger charge is 2.25. The van der Waals surface area contributed by atoms with Gasteiger partial charge in [-0.05, 0) is 6.42 Å². The van der Waals surface area contributed by atoms with Crippen molar-refractivity contribution in [3.63, 3.8) is 0 Å². The first-order valence-corrected chi connectivity index (χ1v) is 5.15. The molecule has 1 heterocycles. The molecule has 0 radical (unpaired) electrons. The van der Waals surface area contributed by atoms with E-state index in [0.717, 1.165) is 6.07 Å². The third-order valence-electron chi connectivity index (χ3n) is 2.73. The topological polar surface area (TPSA) is 55.5 Å². The van der Waals surface area contributed by atoms with Crippen LogP contribution < -0.4 is 10.5 Å². The summed E-state index contributed by atoms with van der Waals surface area (Å²) in [5, 5.41) is 8.72. The first-order valence-electron chi connectivity index (χ1n) is 5.15. The lowest BCUT2D eigenvalue weighted by atomic mass is 9.99. The van der Waals surface area contributed by atoms with Crippen molar-refractivity contribution in [3.8, 4) is 5.75 Å². The molecule has 88 valence electrons. The largest absolute Gasteiger partial charge is 0.493 e. The van der Waals surface area contributed by atoms with E-state index in [-0.39, 0.29) is 24.3 Å². The van der Waals surface area contributed by atoms with E-state index in [2.05, 4.69) is 0 Å². The van der Waals surface area contributed by atoms with E-state index in [1.165, 1.54) is 0 Å². The van der Waals surface area contributed by atoms with Crippen LogP contribution in [-0.2, 0) is 6.42 Å². The van der Waals surface area contributed by atoms with Gasteiger partial charge in [0, 0.05) is 36.3 Å². The standard InChI is InChI=1S/C11H13F2NO2/c12-7-5-9-6(2-4-16-9)11(13)10(7)8(14)1-3-15/h5,8,15H,1-4,14H2. The molecule has 1 atom stereocenters. The normalized spacial score (nSPS) is 15.8. The second-order valence-electron chi connectivity index (χ2n) is 3.78. The molecule has 0 saturated carbocycles. The summed E-state index contributed by atoms with van der Waals surface area (Å²) in [6.45, 7) is 0.165. The lowest BCUT2D eigenvalue weighted by Gasteiger charge is -2.14. The Morgan fingerprint density at radius 3 is 2.94 bits per heavy atom. The van der Waals surface area contributed by atoms with E-state index in [1.807, 2.05) is 0 Å². The van der Waals surface area contributed by atoms with Crippen LogP contribution in [0.3, 0.4) is 0 Å². The fraction of sp³-hybridized carbons (Fsp3) is 0.455. The number of benzene rings is 1. The molecule has 3 nitrogen and oxygen atoms in total. The van der Waals surface area contributed by atoms with Crippen molar-refractivity contribution in [2.24, 2.45) is 5.73 Å². The number of rotatable bonds is 3. The van der Waals surface area contributed by atoms with Crippen LogP contribution in [0.15, 0.2) is 6.07 Å². The SMILES string of the molecule is NC(CCO)c1c(F)cc2c(c1F)CCO2. The summed E-state index contributed by atoms with van der Waals surface area (Å²) in [5.41, 5.74) is 5.85. The molecule has 3 N–H and O–H groups in total. The number of hydrogen-bond donors (Lipinski definition) is 2. The number of hydrogen-bond acceptors (Lipinski definition) is 3. The lowest BCUT2D eigenvalue weighted by Crippen LogP contribution is -2.16. The minimum Gasteiger partial charge on any atom is -0.493 e. The van der Waals surface area contributed by atoms with Crippen LogP contribution in [0, 0.1) is 11.6 Å². The third kappa shape index (κ3) is 1.76. The number of fused-ring (bicyclic) bond motifs is 1. The number of nitrogens with two attached hydrogens (primary N) is 1. The van der Waals surface area contributed by atoms with Crippen molar-refractivity contribution in [1.82, 2.24) is 0 Å². The summed E-state index contributed by atoms with van der Waals surface area (Å²) in [7, 11) is 0. The molecule has 0 fully saturated rings. The minimum absolute atomic E-state index is 0.132. The van der Waals surface area contributed by atoms with E-state index in [1.54, 1.807) is 0 Å². The van der Waals surface area contributed by atoms with Crippen molar-refractivity contribution in [2.45, 2.75) is 18.9 Å². The van der Waals surface area contributed by atoms with E-state index < -0.39 is 17.7 Å². The van der Waals surface area contributed by atoms with Crippen molar-refractivity contribution in [1.29, 1.82) is 0 Å². The zero-order chi connectivity index (χ0) is 11.7. The molecule has 16 heavy (non-hydrogen) atoms. The molecule has 0 saturated heterocycles. The minimum atomic E-state index is -0.823. The Kier molecular flexibility index (Phi) is 3.07. The van der Waals surface area contributed by atoms with Gasteiger partial charge in [0.2, 0.25) is 0 Å². The first-order chi connectivity index (χ1) is 7.65. The molecule has 0 aliphatic carbocycles. The number of aliphatic hydroxyl groups excluding tert-OH is 1. The summed E-state index contributed by atoms with van der Waals surface area (Å²) in [4.78, 5) is 0. The van der Waals surface area contributed by atoms with Crippen molar-refractivity contribution in [2.75, 3.05) is 13.2 Å². The Morgan fingerprint density at radius 2 is 2.25 bits per heavy atom. The maximum Gasteiger partial charge on any atom is 0.137 e. The van der Waals surface area contributed by atoms with Crippen LogP contribution in [0.1, 0.15) is 23.6 Å². The lowest BCUT2D eigenvalue weighted by molar-refractivity contribution is 0.274. The fourth-order valence-electron chi connectivity index (χ4n) is 1.90. The van der Waals surface area contributed by atoms with Gasteiger partial charge < -0.3 is 15.6 Å². The maximum atomic E-state index is 13.9. The van der Waals surface area contributed by atoms with Crippen LogP contribution >= 0.6 is 0 Å². The molecule has 0 spiro atoms. The second-order valence-corrected chi connectivity index (χ2v) is 3.78. The predicted octanol–water partition coefficient (Wildman–Crippen LogP) is 1.28. The maximum absolute atomic E-state index is 13.9. The van der Waals surface area contributed by atoms with Crippen LogP contribution in [0.2, 0.25) is 0 Å². The highest BCUT2D eigenvalue weighted by Crippen LogP contribution is 2.34. The van der Waals surface area contributed by atoms with E-state index in [4.69, 9.17) is 15.6 Å². The zero-order valence-electron chi connectivity index (χ0n) is 8.67. The number of ether oxygens (including phenoxy) is 1. The van der Waals surface area contributed by atoms with Gasteiger partial charge in [0.15, 0.2) is 0 Å². The summed E-state index contributed by atoms with van der Waals surface area (Å²) >= 11 is 0. The molecule has 1 unspecified atom stereocenters. The Balaban J connectivity index is 2.45. The summed E-state index contributed by atoms with van der Waals surface area (Å²) in [5.74, 6) is -1.08. The van der Waals surface area contributed by atoms with Gasteiger partial charge >= 0.3 is 0 Å². The molecular formula is C11H13F2NO2. The zero-order valence-corrected chi connectivity index (χ0v) is 8.67. The van der Waals surface area contributed by atoms with Crippen LogP contribution in [0.25, 0.3) is 0 Å². The molecule has 5 heteroatoms. The Bertz CT molecular complexity index is 409. The van der Waals surface area contributed by atoms with Gasteiger partial charge in [-0.3, -0.25) is 0 Å². The molecule has 0 bridgehead atoms. The Morgan fingerprint density at radius 1 is 1.50 bits per heavy atom. The highest BCUT2D eigenvalue weighted by molar-refractivity contribution is 5.43. The summed E-state index contributed by atoms with van der Waals surface area (Å²) in [6, 6.07) is 0.341. The monoisotopic (exact) mass is 229 g/mol. The molecule has 2 rings (SSSR count). The Labute approximate surface area is 91.8 Å². The third-order valence-corrected chi connectivity index (χ3v) is 2.73. The summed E-state index contributed by atoms with van der Waals surface area (Å²) < 4.78 is 32.6. The average Bonchev–Trinajstić information content (AvgIpc) is 2.66. The van der Waals surface area contributed by atoms with Crippen molar-refractivity contribution < 1.29 is 18.6 Å². The van der Waals surface area contributed by atoms with Gasteiger partial charge in [-0.2, -0.15) is 0 Å². The van der Waals surface area contributed by atoms with Gasteiger partial charge in [-0.1, -0.05) is 0 Å². The Hall–Kier alpha value is -1.20. The highest BCUT2D eigenvalue weighted by atomic mass is 19.1. The van der Waals surface area contributed by atoms with Crippen LogP contribution in [-0.4, -0.2) is 18.3 Å². The molecule has 1 aliphatic rings. The quantitative estimate of drug-likeness (QED) is 0.821. The average molecular weight is 229 g/mol. The fourth-order valence-corrected chi connectivity index (χ4v) is 1.90. The van der Waals surface area contributed by atoms with Gasteiger partial charge in [-0.25, -0.2) is 8.78 Å². The molecule has 1 aliphatic heterocycles. The molecule has 1 aromatic rings. The van der Waals surface area contributed by atoms with Crippen molar-refractivity contribution >= 4 is 0 Å². The first kappa shape index (κ1) is 11.3. The van der Waals surface area contributed by atoms with E-state index in [0.29, 0.717) is 18.6 Å². The molecular weight excluding hydrogens is 216 g/mol. The van der Waals surface area contributed by atoms with Gasteiger partial charge in [0.1, 0.15) is 17.4 Å². The van der Waals surface area contributed by atoms with Gasteiger partial charge in [0.25, 0.3) is 0 Å². The molecule has 0 amide bonds. The van der Waals surface area contributed by atoms with E-state index in [9.17, 15) is 8.78 Å². The van der Waals surface area contributed by atoms with Crippen LogP contribution in [0.4, 0.5) is 8.78 Å². The van der Waals surface area contributed by atoms with Gasteiger partial charge in [0.05, 0.1) is 6.61 Å². The van der Waals surface area contributed by atoms with E-state index >= 15 is 0 Å². The smallest absolute Gasteiger partial charge is 0.137 e. The number of halogens is 2. The number of aliphatic hydroxyl groups is 1. The van der Waals surface area contributed by atoms with Gasteiger partial charge in [-0.15, -0.1) is 0 Å².